The van der Waals surface area contributed by atoms with E-state index in [0.29, 0.717) is 6.54 Å². The normalized spacial score (nSPS) is 15.9. The molecule has 1 unspecified atom stereocenters. The molecule has 1 atom stereocenters. The van der Waals surface area contributed by atoms with Crippen molar-refractivity contribution in [3.63, 3.8) is 0 Å². The van der Waals surface area contributed by atoms with Gasteiger partial charge in [0, 0.05) is 52.0 Å². The van der Waals surface area contributed by atoms with Gasteiger partial charge in [0.2, 0.25) is 0 Å². The maximum absolute atomic E-state index is 4.74. The summed E-state index contributed by atoms with van der Waals surface area (Å²) in [5.74, 6) is 3.76. The van der Waals surface area contributed by atoms with Crippen LogP contribution in [0.3, 0.4) is 0 Å². The Kier molecular flexibility index (Phi) is 7.69. The molecule has 1 aliphatic heterocycles. The van der Waals surface area contributed by atoms with E-state index >= 15 is 0 Å². The molecule has 3 heterocycles. The van der Waals surface area contributed by atoms with E-state index in [2.05, 4.69) is 56.9 Å². The average Bonchev–Trinajstić information content (AvgIpc) is 3.18. The van der Waals surface area contributed by atoms with Crippen LogP contribution in [0, 0.1) is 0 Å². The zero-order valence-electron chi connectivity index (χ0n) is 18.6. The number of nitrogens with zero attached hydrogens (tertiary/aromatic N) is 6. The zero-order valence-corrected chi connectivity index (χ0v) is 20.9. The number of anilines is 1. The summed E-state index contributed by atoms with van der Waals surface area (Å²) in [5, 5.41) is 12.8. The number of hydrogen-bond donors (Lipinski definition) is 2. The Morgan fingerprint density at radius 3 is 2.81 bits per heavy atom. The van der Waals surface area contributed by atoms with Gasteiger partial charge in [-0.1, -0.05) is 25.1 Å². The molecule has 8 nitrogen and oxygen atoms in total. The fourth-order valence-electron chi connectivity index (χ4n) is 3.80. The minimum atomic E-state index is 0. The van der Waals surface area contributed by atoms with Crippen molar-refractivity contribution in [3.8, 4) is 0 Å². The van der Waals surface area contributed by atoms with Gasteiger partial charge < -0.3 is 15.5 Å². The largest absolute Gasteiger partial charge is 0.363 e. The average molecular weight is 534 g/mol. The summed E-state index contributed by atoms with van der Waals surface area (Å²) < 4.78 is 2.03. The Hall–Kier alpha value is -2.43. The lowest BCUT2D eigenvalue weighted by Crippen LogP contribution is -2.46. The Labute approximate surface area is 200 Å². The predicted octanol–water partition coefficient (Wildman–Crippen LogP) is 2.75. The third-order valence-corrected chi connectivity index (χ3v) is 5.48. The molecule has 0 radical (unpaired) electrons. The minimum absolute atomic E-state index is 0. The Balaban J connectivity index is 0.00000272. The standard InChI is InChI=1S/C22H30N8.HI/c1-5-19-27-20-11-10-16(14-30(20)28-19)25-22(23-2)24-13-15-12-21(29(3)4)26-18-9-7-6-8-17(15)18;/h6-9,12,16H,5,10-11,13-14H2,1-4H3,(H2,23,24,25);1H. The van der Waals surface area contributed by atoms with Gasteiger partial charge in [0.05, 0.1) is 12.1 Å². The van der Waals surface area contributed by atoms with Crippen LogP contribution in [-0.4, -0.2) is 52.9 Å². The number of nitrogens with one attached hydrogen (secondary N) is 2. The number of aryl methyl sites for hydroxylation is 2. The number of benzene rings is 1. The molecule has 2 aromatic heterocycles. The molecule has 0 saturated carbocycles. The van der Waals surface area contributed by atoms with Crippen LogP contribution in [0.1, 0.15) is 30.6 Å². The van der Waals surface area contributed by atoms with Gasteiger partial charge in [-0.2, -0.15) is 5.10 Å². The Bertz CT molecular complexity index is 1060. The van der Waals surface area contributed by atoms with Gasteiger partial charge in [0.1, 0.15) is 11.6 Å². The highest BCUT2D eigenvalue weighted by atomic mass is 127. The zero-order chi connectivity index (χ0) is 21.1. The van der Waals surface area contributed by atoms with Crippen molar-refractivity contribution in [2.24, 2.45) is 4.99 Å². The van der Waals surface area contributed by atoms with Crippen molar-refractivity contribution >= 4 is 46.7 Å². The number of guanidine groups is 1. The lowest BCUT2D eigenvalue weighted by molar-refractivity contribution is 0.392. The summed E-state index contributed by atoms with van der Waals surface area (Å²) in [6, 6.07) is 10.7. The number of para-hydroxylation sites is 1. The number of aromatic nitrogens is 4. The maximum atomic E-state index is 4.74. The third-order valence-electron chi connectivity index (χ3n) is 5.48. The van der Waals surface area contributed by atoms with E-state index in [4.69, 9.17) is 4.98 Å². The van der Waals surface area contributed by atoms with Gasteiger partial charge in [0.15, 0.2) is 11.8 Å². The Morgan fingerprint density at radius 2 is 2.06 bits per heavy atom. The highest BCUT2D eigenvalue weighted by molar-refractivity contribution is 14.0. The van der Waals surface area contributed by atoms with Crippen molar-refractivity contribution in [3.05, 3.63) is 47.5 Å². The van der Waals surface area contributed by atoms with Gasteiger partial charge in [-0.15, -0.1) is 24.0 Å². The van der Waals surface area contributed by atoms with Crippen LogP contribution in [-0.2, 0) is 25.9 Å². The van der Waals surface area contributed by atoms with Crippen LogP contribution in [0.2, 0.25) is 0 Å². The topological polar surface area (TPSA) is 83.3 Å². The number of fused-ring (bicyclic) bond motifs is 2. The van der Waals surface area contributed by atoms with Crippen molar-refractivity contribution in [2.75, 3.05) is 26.0 Å². The minimum Gasteiger partial charge on any atom is -0.363 e. The maximum Gasteiger partial charge on any atom is 0.191 e. The summed E-state index contributed by atoms with van der Waals surface area (Å²) >= 11 is 0. The second-order valence-electron chi connectivity index (χ2n) is 7.84. The molecule has 9 heteroatoms. The van der Waals surface area contributed by atoms with Gasteiger partial charge in [-0.3, -0.25) is 4.99 Å². The summed E-state index contributed by atoms with van der Waals surface area (Å²) in [4.78, 5) is 15.8. The molecule has 0 amide bonds. The summed E-state index contributed by atoms with van der Waals surface area (Å²) in [5.41, 5.74) is 2.20. The van der Waals surface area contributed by atoms with Gasteiger partial charge >= 0.3 is 0 Å². The van der Waals surface area contributed by atoms with Crippen LogP contribution in [0.5, 0.6) is 0 Å². The van der Waals surface area contributed by atoms with Crippen molar-refractivity contribution < 1.29 is 0 Å². The second-order valence-corrected chi connectivity index (χ2v) is 7.84. The second kappa shape index (κ2) is 10.3. The highest BCUT2D eigenvalue weighted by Gasteiger charge is 2.22. The van der Waals surface area contributed by atoms with Crippen LogP contribution >= 0.6 is 24.0 Å². The van der Waals surface area contributed by atoms with Gasteiger partial charge in [0.25, 0.3) is 0 Å². The molecule has 2 N–H and O–H groups in total. The van der Waals surface area contributed by atoms with Crippen LogP contribution < -0.4 is 15.5 Å². The number of rotatable bonds is 5. The van der Waals surface area contributed by atoms with Gasteiger partial charge in [-0.05, 0) is 24.1 Å². The number of halogens is 1. The molecule has 0 spiro atoms. The predicted molar refractivity (Wildman–Crippen MR) is 136 cm³/mol. The summed E-state index contributed by atoms with van der Waals surface area (Å²) in [6.07, 6.45) is 2.82. The first-order valence-electron chi connectivity index (χ1n) is 10.5. The van der Waals surface area contributed by atoms with Crippen molar-refractivity contribution in [1.29, 1.82) is 0 Å². The summed E-state index contributed by atoms with van der Waals surface area (Å²) in [7, 11) is 5.84. The molecule has 4 rings (SSSR count). The highest BCUT2D eigenvalue weighted by Crippen LogP contribution is 2.22. The third kappa shape index (κ3) is 5.25. The first-order valence-corrected chi connectivity index (χ1v) is 10.5. The molecule has 31 heavy (non-hydrogen) atoms. The van der Waals surface area contributed by atoms with Crippen molar-refractivity contribution in [1.82, 2.24) is 30.4 Å². The molecule has 0 fully saturated rings. The van der Waals surface area contributed by atoms with Crippen molar-refractivity contribution in [2.45, 2.75) is 45.3 Å². The molecule has 3 aromatic rings. The lowest BCUT2D eigenvalue weighted by atomic mass is 10.1. The van der Waals surface area contributed by atoms with Crippen LogP contribution in [0.4, 0.5) is 5.82 Å². The molecule has 1 aliphatic rings. The summed E-state index contributed by atoms with van der Waals surface area (Å²) in [6.45, 7) is 3.57. The SMILES string of the molecule is CCc1nc2n(n1)CC(NC(=NC)NCc1cc(N(C)C)nc3ccccc13)CC2.I. The monoisotopic (exact) mass is 534 g/mol. The first kappa shape index (κ1) is 23.2. The lowest BCUT2D eigenvalue weighted by Gasteiger charge is -2.25. The molecule has 0 bridgehead atoms. The van der Waals surface area contributed by atoms with E-state index in [1.165, 1.54) is 5.56 Å². The molecule has 0 saturated heterocycles. The molecular formula is C22H31IN8. The van der Waals surface area contributed by atoms with E-state index in [0.717, 1.165) is 60.1 Å². The smallest absolute Gasteiger partial charge is 0.191 e. The van der Waals surface area contributed by atoms with E-state index in [1.807, 2.05) is 36.8 Å². The molecule has 166 valence electrons. The van der Waals surface area contributed by atoms with E-state index in [9.17, 15) is 0 Å². The Morgan fingerprint density at radius 1 is 1.26 bits per heavy atom. The quantitative estimate of drug-likeness (QED) is 0.298. The fraction of sp³-hybridized carbons (Fsp3) is 0.455. The van der Waals surface area contributed by atoms with Crippen LogP contribution in [0.25, 0.3) is 10.9 Å². The number of pyridine rings is 1. The fourth-order valence-corrected chi connectivity index (χ4v) is 3.80. The van der Waals surface area contributed by atoms with E-state index < -0.39 is 0 Å². The van der Waals surface area contributed by atoms with Gasteiger partial charge in [-0.25, -0.2) is 14.6 Å². The first-order chi connectivity index (χ1) is 14.6. The molecule has 1 aromatic carbocycles. The molecular weight excluding hydrogens is 503 g/mol. The number of aliphatic imine (C=N–C) groups is 1. The van der Waals surface area contributed by atoms with E-state index in [-0.39, 0.29) is 30.0 Å². The van der Waals surface area contributed by atoms with Crippen LogP contribution in [0.15, 0.2) is 35.3 Å². The van der Waals surface area contributed by atoms with E-state index in [1.54, 1.807) is 0 Å². The number of hydrogen-bond acceptors (Lipinski definition) is 5. The molecule has 0 aliphatic carbocycles.